The molecule has 0 aromatic carbocycles. The summed E-state index contributed by atoms with van der Waals surface area (Å²) in [7, 11) is 0. The second kappa shape index (κ2) is 4.91. The highest BCUT2D eigenvalue weighted by Crippen LogP contribution is 2.39. The molecule has 4 nitrogen and oxygen atoms in total. The van der Waals surface area contributed by atoms with Gasteiger partial charge in [-0.25, -0.2) is 4.98 Å². The minimum Gasteiger partial charge on any atom is -0.330 e. The van der Waals surface area contributed by atoms with Gasteiger partial charge in [0.1, 0.15) is 0 Å². The van der Waals surface area contributed by atoms with E-state index >= 15 is 0 Å². The fraction of sp³-hybridized carbons (Fsp3) is 0.800. The first-order valence-corrected chi connectivity index (χ1v) is 7.56. The van der Waals surface area contributed by atoms with E-state index in [-0.39, 0.29) is 0 Å². The molecule has 4 heteroatoms. The van der Waals surface area contributed by atoms with Crippen molar-refractivity contribution in [2.24, 2.45) is 11.1 Å². The Morgan fingerprint density at radius 3 is 2.89 bits per heavy atom. The molecule has 1 saturated heterocycles. The highest BCUT2D eigenvalue weighted by molar-refractivity contribution is 5.10. The van der Waals surface area contributed by atoms with E-state index in [9.17, 15) is 0 Å². The summed E-state index contributed by atoms with van der Waals surface area (Å²) >= 11 is 0. The summed E-state index contributed by atoms with van der Waals surface area (Å²) < 4.78 is 2.36. The van der Waals surface area contributed by atoms with Crippen LogP contribution < -0.4 is 5.73 Å². The maximum Gasteiger partial charge on any atom is 0.0951 e. The van der Waals surface area contributed by atoms with Crippen LogP contribution >= 0.6 is 0 Å². The topological polar surface area (TPSA) is 47.1 Å². The van der Waals surface area contributed by atoms with Crippen LogP contribution in [0.4, 0.5) is 0 Å². The second-order valence-corrected chi connectivity index (χ2v) is 6.95. The average molecular weight is 262 g/mol. The van der Waals surface area contributed by atoms with E-state index in [0.717, 1.165) is 6.54 Å². The smallest absolute Gasteiger partial charge is 0.0951 e. The van der Waals surface area contributed by atoms with Crippen LogP contribution in [0.1, 0.15) is 57.3 Å². The molecule has 1 atom stereocenters. The van der Waals surface area contributed by atoms with Crippen molar-refractivity contribution in [2.45, 2.75) is 51.6 Å². The molecule has 0 radical (unpaired) electrons. The summed E-state index contributed by atoms with van der Waals surface area (Å²) in [5.41, 5.74) is 7.82. The van der Waals surface area contributed by atoms with Crippen molar-refractivity contribution in [1.29, 1.82) is 0 Å². The molecule has 3 rings (SSSR count). The van der Waals surface area contributed by atoms with E-state index in [0.29, 0.717) is 24.0 Å². The Balaban J connectivity index is 1.81. The predicted molar refractivity (Wildman–Crippen MR) is 76.9 cm³/mol. The van der Waals surface area contributed by atoms with Gasteiger partial charge >= 0.3 is 0 Å². The summed E-state index contributed by atoms with van der Waals surface area (Å²) in [5, 5.41) is 0. The lowest BCUT2D eigenvalue weighted by molar-refractivity contribution is 0.0776. The van der Waals surface area contributed by atoms with Crippen molar-refractivity contribution >= 4 is 0 Å². The van der Waals surface area contributed by atoms with Crippen molar-refractivity contribution < 1.29 is 0 Å². The van der Waals surface area contributed by atoms with Crippen LogP contribution in [0.5, 0.6) is 0 Å². The average Bonchev–Trinajstić information content (AvgIpc) is 3.09. The molecule has 0 bridgehead atoms. The number of nitrogens with two attached hydrogens (primary N) is 1. The van der Waals surface area contributed by atoms with Crippen LogP contribution in [0.25, 0.3) is 0 Å². The summed E-state index contributed by atoms with van der Waals surface area (Å²) in [6.45, 7) is 7.73. The Labute approximate surface area is 116 Å². The summed E-state index contributed by atoms with van der Waals surface area (Å²) in [5.74, 6) is 0. The number of likely N-dealkylation sites (tertiary alicyclic amines) is 1. The molecule has 2 fully saturated rings. The Morgan fingerprint density at radius 1 is 1.47 bits per heavy atom. The molecule has 0 amide bonds. The summed E-state index contributed by atoms with van der Waals surface area (Å²) in [6, 6.07) is 1.02. The number of aromatic nitrogens is 2. The van der Waals surface area contributed by atoms with Crippen molar-refractivity contribution in [3.63, 3.8) is 0 Å². The van der Waals surface area contributed by atoms with Crippen molar-refractivity contribution in [2.75, 3.05) is 19.6 Å². The normalized spacial score (nSPS) is 25.4. The minimum absolute atomic E-state index is 0.336. The highest BCUT2D eigenvalue weighted by atomic mass is 15.2. The molecule has 2 heterocycles. The largest absolute Gasteiger partial charge is 0.330 e. The number of imidazole rings is 1. The Kier molecular flexibility index (Phi) is 3.39. The predicted octanol–water partition coefficient (Wildman–Crippen LogP) is 2.34. The lowest BCUT2D eigenvalue weighted by Crippen LogP contribution is -2.44. The zero-order chi connectivity index (χ0) is 13.5. The van der Waals surface area contributed by atoms with Gasteiger partial charge in [0, 0.05) is 25.3 Å². The van der Waals surface area contributed by atoms with Gasteiger partial charge in [0.25, 0.3) is 0 Å². The number of hydrogen-bond donors (Lipinski definition) is 1. The lowest BCUT2D eigenvalue weighted by atomic mass is 9.83. The molecule has 1 aliphatic heterocycles. The molecule has 1 aromatic rings. The summed E-state index contributed by atoms with van der Waals surface area (Å²) in [6.07, 6.45) is 9.21. The lowest BCUT2D eigenvalue weighted by Gasteiger charge is -2.42. The molecular weight excluding hydrogens is 236 g/mol. The van der Waals surface area contributed by atoms with Crippen LogP contribution in [0.3, 0.4) is 0 Å². The van der Waals surface area contributed by atoms with Crippen molar-refractivity contribution in [3.8, 4) is 0 Å². The van der Waals surface area contributed by atoms with Gasteiger partial charge in [-0.3, -0.25) is 4.90 Å². The van der Waals surface area contributed by atoms with E-state index in [2.05, 4.69) is 28.3 Å². The van der Waals surface area contributed by atoms with Gasteiger partial charge in [-0.2, -0.15) is 0 Å². The Morgan fingerprint density at radius 2 is 2.26 bits per heavy atom. The zero-order valence-corrected chi connectivity index (χ0v) is 12.2. The monoisotopic (exact) mass is 262 g/mol. The third-order valence-corrected chi connectivity index (χ3v) is 4.57. The first-order valence-electron chi connectivity index (χ1n) is 7.56. The van der Waals surface area contributed by atoms with Gasteiger partial charge in [-0.1, -0.05) is 13.8 Å². The van der Waals surface area contributed by atoms with E-state index < -0.39 is 0 Å². The summed E-state index contributed by atoms with van der Waals surface area (Å²) in [4.78, 5) is 6.93. The third-order valence-electron chi connectivity index (χ3n) is 4.57. The Hall–Kier alpha value is -0.870. The number of hydrogen-bond acceptors (Lipinski definition) is 3. The van der Waals surface area contributed by atoms with Crippen LogP contribution in [0, 0.1) is 5.41 Å². The maximum atomic E-state index is 6.09. The third kappa shape index (κ3) is 2.70. The van der Waals surface area contributed by atoms with E-state index in [1.165, 1.54) is 37.9 Å². The fourth-order valence-corrected chi connectivity index (χ4v) is 3.42. The number of nitrogens with zero attached hydrogens (tertiary/aromatic N) is 3. The quantitative estimate of drug-likeness (QED) is 0.906. The standard InChI is InChI=1S/C15H26N4/c1-15(2)6-3-7-18(10-15)13(8-16)14-9-17-11-19(14)12-4-5-12/h9,11-13H,3-8,10,16H2,1-2H3. The maximum absolute atomic E-state index is 6.09. The van der Waals surface area contributed by atoms with Gasteiger partial charge in [0.05, 0.1) is 18.1 Å². The van der Waals surface area contributed by atoms with Gasteiger partial charge in [0.2, 0.25) is 0 Å². The van der Waals surface area contributed by atoms with E-state index in [1.807, 2.05) is 12.5 Å². The minimum atomic E-state index is 0.336. The molecular formula is C15H26N4. The molecule has 1 unspecified atom stereocenters. The molecule has 2 aliphatic rings. The van der Waals surface area contributed by atoms with Gasteiger partial charge in [0.15, 0.2) is 0 Å². The first kappa shape index (κ1) is 13.1. The van der Waals surface area contributed by atoms with E-state index in [1.54, 1.807) is 0 Å². The SMILES string of the molecule is CC1(C)CCCN(C(CN)c2cncn2C2CC2)C1. The van der Waals surface area contributed by atoms with Crippen LogP contribution in [-0.4, -0.2) is 34.1 Å². The molecule has 0 spiro atoms. The number of piperidine rings is 1. The molecule has 19 heavy (non-hydrogen) atoms. The number of rotatable bonds is 4. The zero-order valence-electron chi connectivity index (χ0n) is 12.2. The van der Waals surface area contributed by atoms with Crippen molar-refractivity contribution in [1.82, 2.24) is 14.5 Å². The highest BCUT2D eigenvalue weighted by Gasteiger charge is 2.34. The first-order chi connectivity index (χ1) is 9.11. The molecule has 2 N–H and O–H groups in total. The van der Waals surface area contributed by atoms with Crippen LogP contribution in [-0.2, 0) is 0 Å². The molecule has 1 aliphatic carbocycles. The van der Waals surface area contributed by atoms with Crippen molar-refractivity contribution in [3.05, 3.63) is 18.2 Å². The second-order valence-electron chi connectivity index (χ2n) is 6.95. The van der Waals surface area contributed by atoms with Crippen LogP contribution in [0.2, 0.25) is 0 Å². The molecule has 1 aromatic heterocycles. The van der Waals surface area contributed by atoms with Gasteiger partial charge in [-0.15, -0.1) is 0 Å². The van der Waals surface area contributed by atoms with E-state index in [4.69, 9.17) is 5.73 Å². The van der Waals surface area contributed by atoms with Crippen LogP contribution in [0.15, 0.2) is 12.5 Å². The molecule has 106 valence electrons. The van der Waals surface area contributed by atoms with Gasteiger partial charge in [-0.05, 0) is 37.6 Å². The van der Waals surface area contributed by atoms with Gasteiger partial charge < -0.3 is 10.3 Å². The molecule has 1 saturated carbocycles. The Bertz CT molecular complexity index is 433. The fourth-order valence-electron chi connectivity index (χ4n) is 3.42.